The predicted molar refractivity (Wildman–Crippen MR) is 128 cm³/mol. The smallest absolute Gasteiger partial charge is 0.422 e. The van der Waals surface area contributed by atoms with E-state index in [0.29, 0.717) is 25.6 Å². The number of alkyl halides is 6. The normalized spacial score (nSPS) is 24.2. The zero-order chi connectivity index (χ0) is 28.6. The molecule has 4 rings (SSSR count). The maximum atomic E-state index is 13.5. The molecule has 2 fully saturated rings. The number of ether oxygens (including phenoxy) is 3. The van der Waals surface area contributed by atoms with Gasteiger partial charge in [-0.3, -0.25) is 4.90 Å². The number of carbonyl (C=O) groups excluding carboxylic acids is 1. The van der Waals surface area contributed by atoms with Gasteiger partial charge < -0.3 is 14.2 Å². The zero-order valence-electron chi connectivity index (χ0n) is 21.7. The summed E-state index contributed by atoms with van der Waals surface area (Å²) in [6, 6.07) is 9.22. The molecule has 12 heteroatoms. The van der Waals surface area contributed by atoms with Crippen molar-refractivity contribution < 1.29 is 45.3 Å². The summed E-state index contributed by atoms with van der Waals surface area (Å²) in [5.41, 5.74) is -2.25. The van der Waals surface area contributed by atoms with Crippen LogP contribution in [0, 0.1) is 0 Å². The molecule has 0 N–H and O–H groups in total. The number of hydrogen-bond acceptors (Lipinski definition) is 5. The van der Waals surface area contributed by atoms with E-state index >= 15 is 0 Å². The summed E-state index contributed by atoms with van der Waals surface area (Å²) in [6.45, 7) is 3.82. The lowest BCUT2D eigenvalue weighted by atomic mass is 9.76. The third-order valence-corrected chi connectivity index (χ3v) is 6.73. The second-order valence-electron chi connectivity index (χ2n) is 10.9. The average molecular weight is 561 g/mol. The molecule has 0 radical (unpaired) electrons. The summed E-state index contributed by atoms with van der Waals surface area (Å²) in [5.74, 6) is -1.28. The highest BCUT2D eigenvalue weighted by atomic mass is 19.4. The van der Waals surface area contributed by atoms with E-state index in [1.54, 1.807) is 37.8 Å². The molecule has 6 nitrogen and oxygen atoms in total. The fraction of sp³-hybridized carbons (Fsp3) is 0.556. The standard InChI is InChI=1S/C27H30F6N2O4/c1-24(2,3)39-23(36)35-11-7-10-25(21(35)17-8-5-4-6-9-17)13-18(15-38-25)20-12-19(27(31,32)33)14-34-22(20)37-16-26(28,29)30/h4-6,8-9,12,14,18,21H,7,10-11,13,15-16H2,1-3H3/t18-,21-,25+/m0/s1. The van der Waals surface area contributed by atoms with Gasteiger partial charge in [-0.2, -0.15) is 26.3 Å². The van der Waals surface area contributed by atoms with Gasteiger partial charge in [0.05, 0.1) is 23.8 Å². The van der Waals surface area contributed by atoms with E-state index in [1.807, 2.05) is 18.2 Å². The Bertz CT molecular complexity index is 1170. The van der Waals surface area contributed by atoms with Crippen LogP contribution in [0.4, 0.5) is 31.1 Å². The predicted octanol–water partition coefficient (Wildman–Crippen LogP) is 7.06. The Morgan fingerprint density at radius 3 is 2.44 bits per heavy atom. The van der Waals surface area contributed by atoms with Crippen LogP contribution in [-0.4, -0.2) is 53.1 Å². The van der Waals surface area contributed by atoms with Crippen molar-refractivity contribution >= 4 is 6.09 Å². The van der Waals surface area contributed by atoms with Crippen molar-refractivity contribution in [2.75, 3.05) is 19.8 Å². The molecule has 2 saturated heterocycles. The van der Waals surface area contributed by atoms with Gasteiger partial charge in [-0.15, -0.1) is 0 Å². The first kappa shape index (κ1) is 29.0. The van der Waals surface area contributed by atoms with E-state index in [4.69, 9.17) is 14.2 Å². The molecular weight excluding hydrogens is 530 g/mol. The van der Waals surface area contributed by atoms with Gasteiger partial charge in [-0.05, 0) is 51.7 Å². The van der Waals surface area contributed by atoms with Crippen LogP contribution in [-0.2, 0) is 15.7 Å². The first-order valence-electron chi connectivity index (χ1n) is 12.5. The molecule has 0 unspecified atom stereocenters. The Labute approximate surface area is 222 Å². The van der Waals surface area contributed by atoms with Crippen molar-refractivity contribution in [2.45, 2.75) is 75.5 Å². The zero-order valence-corrected chi connectivity index (χ0v) is 21.7. The van der Waals surface area contributed by atoms with E-state index in [-0.39, 0.29) is 18.6 Å². The number of halogens is 6. The maximum Gasteiger partial charge on any atom is 0.422 e. The highest BCUT2D eigenvalue weighted by molar-refractivity contribution is 5.69. The van der Waals surface area contributed by atoms with Crippen molar-refractivity contribution in [3.63, 3.8) is 0 Å². The summed E-state index contributed by atoms with van der Waals surface area (Å²) in [5, 5.41) is 0. The number of likely N-dealkylation sites (tertiary alicyclic amines) is 1. The van der Waals surface area contributed by atoms with Gasteiger partial charge >= 0.3 is 18.4 Å². The minimum absolute atomic E-state index is 0.0864. The Hall–Kier alpha value is -3.02. The van der Waals surface area contributed by atoms with Crippen LogP contribution in [0.3, 0.4) is 0 Å². The van der Waals surface area contributed by atoms with Gasteiger partial charge in [0.2, 0.25) is 5.88 Å². The Kier molecular flexibility index (Phi) is 7.81. The van der Waals surface area contributed by atoms with Crippen molar-refractivity contribution in [2.24, 2.45) is 0 Å². The van der Waals surface area contributed by atoms with Crippen molar-refractivity contribution in [3.05, 3.63) is 59.3 Å². The lowest BCUT2D eigenvalue weighted by Crippen LogP contribution is -2.53. The van der Waals surface area contributed by atoms with Crippen molar-refractivity contribution in [1.82, 2.24) is 9.88 Å². The number of rotatable bonds is 4. The number of pyridine rings is 1. The highest BCUT2D eigenvalue weighted by Gasteiger charge is 2.54. The molecule has 2 aliphatic rings. The fourth-order valence-corrected chi connectivity index (χ4v) is 5.29. The van der Waals surface area contributed by atoms with Gasteiger partial charge in [0, 0.05) is 24.2 Å². The van der Waals surface area contributed by atoms with E-state index in [2.05, 4.69) is 4.98 Å². The quantitative estimate of drug-likeness (QED) is 0.375. The largest absolute Gasteiger partial charge is 0.468 e. The molecule has 3 heterocycles. The number of piperidine rings is 1. The van der Waals surface area contributed by atoms with Crippen LogP contribution >= 0.6 is 0 Å². The molecule has 1 amide bonds. The van der Waals surface area contributed by atoms with Crippen molar-refractivity contribution in [1.29, 1.82) is 0 Å². The number of hydrogen-bond donors (Lipinski definition) is 0. The molecule has 2 aliphatic heterocycles. The Balaban J connectivity index is 1.72. The van der Waals surface area contributed by atoms with Gasteiger partial charge in [-0.1, -0.05) is 30.3 Å². The number of benzene rings is 1. The molecule has 0 saturated carbocycles. The first-order valence-corrected chi connectivity index (χ1v) is 12.5. The molecular formula is C27H30F6N2O4. The van der Waals surface area contributed by atoms with E-state index in [9.17, 15) is 31.1 Å². The molecule has 3 atom stereocenters. The SMILES string of the molecule is CC(C)(C)OC(=O)N1CCC[C@@]2(C[C@H](c3cc(C(F)(F)F)cnc3OCC(F)(F)F)CO2)[C@@H]1c1ccccc1. The van der Waals surface area contributed by atoms with E-state index in [1.165, 1.54) is 0 Å². The second-order valence-corrected chi connectivity index (χ2v) is 10.9. The molecule has 39 heavy (non-hydrogen) atoms. The van der Waals surface area contributed by atoms with Gasteiger partial charge in [0.15, 0.2) is 6.61 Å². The van der Waals surface area contributed by atoms with Crippen LogP contribution < -0.4 is 4.74 Å². The van der Waals surface area contributed by atoms with E-state index in [0.717, 1.165) is 11.6 Å². The first-order chi connectivity index (χ1) is 18.1. The van der Waals surface area contributed by atoms with E-state index < -0.39 is 59.7 Å². The van der Waals surface area contributed by atoms with Crippen LogP contribution in [0.15, 0.2) is 42.6 Å². The van der Waals surface area contributed by atoms with Crippen LogP contribution in [0.25, 0.3) is 0 Å². The minimum Gasteiger partial charge on any atom is -0.468 e. The van der Waals surface area contributed by atoms with Crippen LogP contribution in [0.5, 0.6) is 5.88 Å². The molecule has 0 aliphatic carbocycles. The average Bonchev–Trinajstić information content (AvgIpc) is 3.24. The summed E-state index contributed by atoms with van der Waals surface area (Å²) >= 11 is 0. The number of aromatic nitrogens is 1. The van der Waals surface area contributed by atoms with Crippen LogP contribution in [0.2, 0.25) is 0 Å². The summed E-state index contributed by atoms with van der Waals surface area (Å²) < 4.78 is 96.0. The van der Waals surface area contributed by atoms with Gasteiger partial charge in [0.1, 0.15) is 5.60 Å². The fourth-order valence-electron chi connectivity index (χ4n) is 5.29. The maximum absolute atomic E-state index is 13.5. The molecule has 1 aromatic carbocycles. The number of amides is 1. The third kappa shape index (κ3) is 6.77. The summed E-state index contributed by atoms with van der Waals surface area (Å²) in [6.07, 6.45) is -8.41. The van der Waals surface area contributed by atoms with Crippen molar-refractivity contribution in [3.8, 4) is 5.88 Å². The number of nitrogens with zero attached hydrogens (tertiary/aromatic N) is 2. The molecule has 2 aromatic rings. The summed E-state index contributed by atoms with van der Waals surface area (Å²) in [4.78, 5) is 18.4. The minimum atomic E-state index is -4.76. The Morgan fingerprint density at radius 1 is 1.13 bits per heavy atom. The monoisotopic (exact) mass is 560 g/mol. The highest BCUT2D eigenvalue weighted by Crippen LogP contribution is 2.52. The second kappa shape index (κ2) is 10.5. The lowest BCUT2D eigenvalue weighted by Gasteiger charge is -2.47. The third-order valence-electron chi connectivity index (χ3n) is 6.73. The number of carbonyl (C=O) groups is 1. The Morgan fingerprint density at radius 2 is 1.82 bits per heavy atom. The van der Waals surface area contributed by atoms with Gasteiger partial charge in [0.25, 0.3) is 0 Å². The molecule has 214 valence electrons. The topological polar surface area (TPSA) is 60.9 Å². The molecule has 1 aromatic heterocycles. The molecule has 0 bridgehead atoms. The summed E-state index contributed by atoms with van der Waals surface area (Å²) in [7, 11) is 0. The molecule has 1 spiro atoms. The van der Waals surface area contributed by atoms with Gasteiger partial charge in [-0.25, -0.2) is 9.78 Å². The lowest BCUT2D eigenvalue weighted by molar-refractivity contribution is -0.154. The van der Waals surface area contributed by atoms with Crippen LogP contribution in [0.1, 0.15) is 68.7 Å².